The van der Waals surface area contributed by atoms with E-state index in [0.29, 0.717) is 11.1 Å². The molecule has 0 fully saturated rings. The predicted molar refractivity (Wildman–Crippen MR) is 54.4 cm³/mol. The van der Waals surface area contributed by atoms with Gasteiger partial charge in [-0.1, -0.05) is 12.1 Å². The fourth-order valence-electron chi connectivity index (χ4n) is 1.19. The first kappa shape index (κ1) is 12.2. The number of carboxylic acids is 1. The minimum absolute atomic E-state index is 0.00522. The molecule has 0 saturated heterocycles. The second kappa shape index (κ2) is 5.25. The Morgan fingerprint density at radius 1 is 1.50 bits per heavy atom. The van der Waals surface area contributed by atoms with E-state index in [9.17, 15) is 13.6 Å². The number of allylic oxidation sites excluding steroid dienone is 1. The molecule has 5 heteroatoms. The number of carboxylic acid groups (broad SMARTS) is 1. The van der Waals surface area contributed by atoms with Gasteiger partial charge < -0.3 is 9.84 Å². The van der Waals surface area contributed by atoms with Crippen molar-refractivity contribution in [2.24, 2.45) is 0 Å². The van der Waals surface area contributed by atoms with Crippen molar-refractivity contribution in [3.05, 3.63) is 35.9 Å². The van der Waals surface area contributed by atoms with Crippen molar-refractivity contribution in [1.82, 2.24) is 0 Å². The van der Waals surface area contributed by atoms with Crippen LogP contribution in [0.25, 0.3) is 5.57 Å². The van der Waals surface area contributed by atoms with E-state index in [1.807, 2.05) is 0 Å². The molecule has 0 aliphatic carbocycles. The van der Waals surface area contributed by atoms with Crippen molar-refractivity contribution in [2.45, 2.75) is 13.5 Å². The van der Waals surface area contributed by atoms with Crippen LogP contribution in [0.2, 0.25) is 0 Å². The number of rotatable bonds is 4. The predicted octanol–water partition coefficient (Wildman–Crippen LogP) is 2.78. The Bertz CT molecular complexity index is 413. The lowest BCUT2D eigenvalue weighted by molar-refractivity contribution is -0.131. The molecular weight excluding hydrogens is 218 g/mol. The average molecular weight is 228 g/mol. The fraction of sp³-hybridized carbons (Fsp3) is 0.182. The first-order valence-electron chi connectivity index (χ1n) is 4.45. The van der Waals surface area contributed by atoms with Gasteiger partial charge in [-0.05, 0) is 30.2 Å². The van der Waals surface area contributed by atoms with Crippen molar-refractivity contribution >= 4 is 11.5 Å². The Balaban J connectivity index is 2.94. The van der Waals surface area contributed by atoms with Gasteiger partial charge in [0.15, 0.2) is 0 Å². The van der Waals surface area contributed by atoms with Gasteiger partial charge in [0.25, 0.3) is 0 Å². The largest absolute Gasteiger partial charge is 0.478 e. The standard InChI is InChI=1S/C11H10F2O3/c1-7(5-10(14)15)8-3-2-4-9(6-8)16-11(12)13/h2-6,11H,1H3,(H,14,15)/b7-5+. The monoisotopic (exact) mass is 228 g/mol. The van der Waals surface area contributed by atoms with Gasteiger partial charge in [0.05, 0.1) is 0 Å². The smallest absolute Gasteiger partial charge is 0.387 e. The Morgan fingerprint density at radius 2 is 2.19 bits per heavy atom. The molecule has 0 heterocycles. The van der Waals surface area contributed by atoms with Crippen LogP contribution in [0.15, 0.2) is 30.3 Å². The third kappa shape index (κ3) is 3.68. The third-order valence-electron chi connectivity index (χ3n) is 1.85. The number of benzene rings is 1. The van der Waals surface area contributed by atoms with Gasteiger partial charge in [0.1, 0.15) is 5.75 Å². The highest BCUT2D eigenvalue weighted by Crippen LogP contribution is 2.21. The number of halogens is 2. The molecule has 1 rings (SSSR count). The molecule has 0 bridgehead atoms. The number of alkyl halides is 2. The molecule has 1 aromatic carbocycles. The van der Waals surface area contributed by atoms with Gasteiger partial charge in [-0.2, -0.15) is 8.78 Å². The van der Waals surface area contributed by atoms with Gasteiger partial charge in [-0.25, -0.2) is 4.79 Å². The Kier molecular flexibility index (Phi) is 3.99. The van der Waals surface area contributed by atoms with Gasteiger partial charge in [-0.3, -0.25) is 0 Å². The minimum atomic E-state index is -2.89. The molecule has 1 N–H and O–H groups in total. The van der Waals surface area contributed by atoms with E-state index in [0.717, 1.165) is 6.08 Å². The topological polar surface area (TPSA) is 46.5 Å². The lowest BCUT2D eigenvalue weighted by atomic mass is 10.1. The molecule has 1 aromatic rings. The molecule has 0 atom stereocenters. The molecular formula is C11H10F2O3. The molecule has 3 nitrogen and oxygen atoms in total. The fourth-order valence-corrected chi connectivity index (χ4v) is 1.19. The second-order valence-electron chi connectivity index (χ2n) is 3.07. The molecule has 0 aromatic heterocycles. The summed E-state index contributed by atoms with van der Waals surface area (Å²) in [6.45, 7) is -1.31. The summed E-state index contributed by atoms with van der Waals surface area (Å²) < 4.78 is 28.1. The number of hydrogen-bond donors (Lipinski definition) is 1. The quantitative estimate of drug-likeness (QED) is 0.806. The molecule has 0 aliphatic heterocycles. The Morgan fingerprint density at radius 3 is 2.75 bits per heavy atom. The molecule has 0 radical (unpaired) electrons. The summed E-state index contributed by atoms with van der Waals surface area (Å²) in [6.07, 6.45) is 1.00. The molecule has 0 spiro atoms. The first-order chi connectivity index (χ1) is 7.49. The minimum Gasteiger partial charge on any atom is -0.478 e. The summed E-state index contributed by atoms with van der Waals surface area (Å²) in [5, 5.41) is 8.53. The van der Waals surface area contributed by atoms with E-state index < -0.39 is 12.6 Å². The SMILES string of the molecule is C/C(=C\C(=O)O)c1cccc(OC(F)F)c1. The van der Waals surface area contributed by atoms with Crippen molar-refractivity contribution in [3.8, 4) is 5.75 Å². The molecule has 0 aliphatic rings. The van der Waals surface area contributed by atoms with Crippen LogP contribution in [-0.4, -0.2) is 17.7 Å². The van der Waals surface area contributed by atoms with Gasteiger partial charge in [0, 0.05) is 6.08 Å². The number of ether oxygens (including phenoxy) is 1. The van der Waals surface area contributed by atoms with E-state index in [1.54, 1.807) is 13.0 Å². The van der Waals surface area contributed by atoms with E-state index in [2.05, 4.69) is 4.74 Å². The van der Waals surface area contributed by atoms with Crippen molar-refractivity contribution in [2.75, 3.05) is 0 Å². The normalized spacial score (nSPS) is 11.6. The van der Waals surface area contributed by atoms with Gasteiger partial charge >= 0.3 is 12.6 Å². The lowest BCUT2D eigenvalue weighted by Crippen LogP contribution is -2.02. The van der Waals surface area contributed by atoms with Crippen LogP contribution in [0.5, 0.6) is 5.75 Å². The number of hydrogen-bond acceptors (Lipinski definition) is 2. The molecule has 0 amide bonds. The highest BCUT2D eigenvalue weighted by atomic mass is 19.3. The maximum absolute atomic E-state index is 11.9. The van der Waals surface area contributed by atoms with E-state index in [-0.39, 0.29) is 5.75 Å². The lowest BCUT2D eigenvalue weighted by Gasteiger charge is -2.06. The zero-order valence-electron chi connectivity index (χ0n) is 8.48. The molecule has 86 valence electrons. The highest BCUT2D eigenvalue weighted by molar-refractivity contribution is 5.89. The van der Waals surface area contributed by atoms with Crippen LogP contribution < -0.4 is 4.74 Å². The Hall–Kier alpha value is -1.91. The average Bonchev–Trinajstić information content (AvgIpc) is 2.16. The van der Waals surface area contributed by atoms with Crippen LogP contribution in [0.1, 0.15) is 12.5 Å². The molecule has 16 heavy (non-hydrogen) atoms. The summed E-state index contributed by atoms with van der Waals surface area (Å²) in [5.74, 6) is -1.08. The van der Waals surface area contributed by atoms with Gasteiger partial charge in [-0.15, -0.1) is 0 Å². The van der Waals surface area contributed by atoms with Crippen LogP contribution in [0, 0.1) is 0 Å². The first-order valence-corrected chi connectivity index (χ1v) is 4.45. The third-order valence-corrected chi connectivity index (χ3v) is 1.85. The zero-order valence-corrected chi connectivity index (χ0v) is 8.48. The van der Waals surface area contributed by atoms with Crippen LogP contribution >= 0.6 is 0 Å². The van der Waals surface area contributed by atoms with Crippen LogP contribution in [0.3, 0.4) is 0 Å². The summed E-state index contributed by atoms with van der Waals surface area (Å²) in [5.41, 5.74) is 0.993. The molecule has 0 saturated carbocycles. The highest BCUT2D eigenvalue weighted by Gasteiger charge is 2.05. The van der Waals surface area contributed by atoms with Crippen molar-refractivity contribution < 1.29 is 23.4 Å². The maximum atomic E-state index is 11.9. The van der Waals surface area contributed by atoms with Crippen LogP contribution in [0.4, 0.5) is 8.78 Å². The summed E-state index contributed by atoms with van der Waals surface area (Å²) in [4.78, 5) is 10.4. The second-order valence-corrected chi connectivity index (χ2v) is 3.07. The van der Waals surface area contributed by atoms with Crippen LogP contribution in [-0.2, 0) is 4.79 Å². The van der Waals surface area contributed by atoms with E-state index in [4.69, 9.17) is 5.11 Å². The zero-order chi connectivity index (χ0) is 12.1. The van der Waals surface area contributed by atoms with E-state index >= 15 is 0 Å². The van der Waals surface area contributed by atoms with Gasteiger partial charge in [0.2, 0.25) is 0 Å². The number of aliphatic carboxylic acids is 1. The van der Waals surface area contributed by atoms with Crippen molar-refractivity contribution in [3.63, 3.8) is 0 Å². The summed E-state index contributed by atoms with van der Waals surface area (Å²) in [6, 6.07) is 5.88. The molecule has 0 unspecified atom stereocenters. The summed E-state index contributed by atoms with van der Waals surface area (Å²) in [7, 11) is 0. The van der Waals surface area contributed by atoms with E-state index in [1.165, 1.54) is 18.2 Å². The maximum Gasteiger partial charge on any atom is 0.387 e. The van der Waals surface area contributed by atoms with Crippen molar-refractivity contribution in [1.29, 1.82) is 0 Å². The Labute approximate surface area is 91.0 Å². The summed E-state index contributed by atoms with van der Waals surface area (Å²) >= 11 is 0. The number of carbonyl (C=O) groups is 1.